The van der Waals surface area contributed by atoms with Crippen molar-refractivity contribution in [3.8, 4) is 0 Å². The van der Waals surface area contributed by atoms with E-state index in [9.17, 15) is 0 Å². The summed E-state index contributed by atoms with van der Waals surface area (Å²) < 4.78 is 0. The molecule has 0 saturated heterocycles. The predicted molar refractivity (Wildman–Crippen MR) is 50.8 cm³/mol. The first-order valence-corrected chi connectivity index (χ1v) is 4.88. The lowest BCUT2D eigenvalue weighted by Gasteiger charge is -2.37. The van der Waals surface area contributed by atoms with E-state index >= 15 is 0 Å². The van der Waals surface area contributed by atoms with E-state index in [0.717, 1.165) is 17.8 Å². The van der Waals surface area contributed by atoms with E-state index in [-0.39, 0.29) is 0 Å². The maximum atomic E-state index is 6.12. The fourth-order valence-electron chi connectivity index (χ4n) is 2.26. The summed E-state index contributed by atoms with van der Waals surface area (Å²) in [5.41, 5.74) is 0. The van der Waals surface area contributed by atoms with Crippen LogP contribution in [0.15, 0.2) is 0 Å². The van der Waals surface area contributed by atoms with Crippen LogP contribution < -0.4 is 0 Å². The molecule has 0 spiro atoms. The van der Waals surface area contributed by atoms with Crippen molar-refractivity contribution >= 4 is 7.85 Å². The van der Waals surface area contributed by atoms with E-state index in [4.69, 9.17) is 7.85 Å². The SMILES string of the molecule is [B]C1C(C)CCCC1C(C)C. The van der Waals surface area contributed by atoms with Crippen LogP contribution in [0.5, 0.6) is 0 Å². The second-order valence-electron chi connectivity index (χ2n) is 4.39. The Hall–Kier alpha value is 0.0649. The molecule has 3 unspecified atom stereocenters. The number of hydrogen-bond donors (Lipinski definition) is 0. The molecule has 1 rings (SSSR count). The standard InChI is InChI=1S/C10H19B/c1-7(2)9-6-4-5-8(3)10(9)11/h7-10H,4-6H2,1-3H3. The smallest absolute Gasteiger partial charge is 0.0707 e. The Labute approximate surface area is 72.2 Å². The molecule has 1 aliphatic carbocycles. The van der Waals surface area contributed by atoms with Gasteiger partial charge in [0.15, 0.2) is 0 Å². The first-order chi connectivity index (χ1) is 5.13. The van der Waals surface area contributed by atoms with Gasteiger partial charge in [-0.1, -0.05) is 45.9 Å². The van der Waals surface area contributed by atoms with E-state index in [0.29, 0.717) is 5.82 Å². The summed E-state index contributed by atoms with van der Waals surface area (Å²) >= 11 is 0. The lowest BCUT2D eigenvalue weighted by molar-refractivity contribution is 0.227. The molecule has 0 heterocycles. The largest absolute Gasteiger partial charge is 0.0718 e. The molecule has 0 amide bonds. The lowest BCUT2D eigenvalue weighted by atomic mass is 9.60. The predicted octanol–water partition coefficient (Wildman–Crippen LogP) is 3.04. The van der Waals surface area contributed by atoms with E-state index in [2.05, 4.69) is 20.8 Å². The molecule has 1 saturated carbocycles. The number of hydrogen-bond acceptors (Lipinski definition) is 0. The van der Waals surface area contributed by atoms with Crippen molar-refractivity contribution in [2.24, 2.45) is 17.8 Å². The van der Waals surface area contributed by atoms with Gasteiger partial charge in [0.25, 0.3) is 0 Å². The topological polar surface area (TPSA) is 0 Å². The molecular weight excluding hydrogens is 131 g/mol. The normalized spacial score (nSPS) is 39.5. The molecule has 0 aromatic rings. The van der Waals surface area contributed by atoms with Crippen LogP contribution in [-0.2, 0) is 0 Å². The van der Waals surface area contributed by atoms with E-state index in [1.54, 1.807) is 0 Å². The molecular formula is C10H19B. The monoisotopic (exact) mass is 150 g/mol. The van der Waals surface area contributed by atoms with Crippen LogP contribution in [0.1, 0.15) is 40.0 Å². The highest BCUT2D eigenvalue weighted by Gasteiger charge is 2.28. The first kappa shape index (κ1) is 9.16. The zero-order valence-corrected chi connectivity index (χ0v) is 8.01. The van der Waals surface area contributed by atoms with Crippen LogP contribution >= 0.6 is 0 Å². The first-order valence-electron chi connectivity index (χ1n) is 4.88. The van der Waals surface area contributed by atoms with Crippen molar-refractivity contribution in [2.45, 2.75) is 45.9 Å². The van der Waals surface area contributed by atoms with Gasteiger partial charge in [0, 0.05) is 0 Å². The average molecular weight is 150 g/mol. The number of rotatable bonds is 1. The van der Waals surface area contributed by atoms with Crippen molar-refractivity contribution in [2.75, 3.05) is 0 Å². The molecule has 62 valence electrons. The highest BCUT2D eigenvalue weighted by atomic mass is 14.3. The second-order valence-corrected chi connectivity index (χ2v) is 4.39. The molecule has 0 aromatic heterocycles. The minimum Gasteiger partial charge on any atom is -0.0718 e. The summed E-state index contributed by atoms with van der Waals surface area (Å²) in [7, 11) is 6.12. The van der Waals surface area contributed by atoms with Gasteiger partial charge in [-0.15, -0.1) is 0 Å². The average Bonchev–Trinajstić information content (AvgIpc) is 1.94. The Kier molecular flexibility index (Phi) is 3.03. The molecule has 0 bridgehead atoms. The van der Waals surface area contributed by atoms with Crippen molar-refractivity contribution in [1.82, 2.24) is 0 Å². The van der Waals surface area contributed by atoms with Gasteiger partial charge in [-0.25, -0.2) is 0 Å². The zero-order valence-electron chi connectivity index (χ0n) is 8.01. The van der Waals surface area contributed by atoms with E-state index in [1.165, 1.54) is 19.3 Å². The molecule has 0 aliphatic heterocycles. The maximum absolute atomic E-state index is 6.12. The molecule has 1 fully saturated rings. The van der Waals surface area contributed by atoms with E-state index in [1.807, 2.05) is 0 Å². The van der Waals surface area contributed by atoms with Crippen LogP contribution in [0.4, 0.5) is 0 Å². The highest BCUT2D eigenvalue weighted by Crippen LogP contribution is 2.40. The molecule has 2 radical (unpaired) electrons. The van der Waals surface area contributed by atoms with Gasteiger partial charge < -0.3 is 0 Å². The van der Waals surface area contributed by atoms with Gasteiger partial charge >= 0.3 is 0 Å². The van der Waals surface area contributed by atoms with Gasteiger partial charge in [-0.3, -0.25) is 0 Å². The quantitative estimate of drug-likeness (QED) is 0.504. The van der Waals surface area contributed by atoms with Crippen molar-refractivity contribution in [1.29, 1.82) is 0 Å². The Morgan fingerprint density at radius 2 is 1.91 bits per heavy atom. The van der Waals surface area contributed by atoms with Crippen molar-refractivity contribution in [3.63, 3.8) is 0 Å². The Bertz CT molecular complexity index is 120. The third-order valence-corrected chi connectivity index (χ3v) is 3.20. The zero-order chi connectivity index (χ0) is 8.43. The Balaban J connectivity index is 2.51. The van der Waals surface area contributed by atoms with Crippen LogP contribution in [0, 0.1) is 17.8 Å². The molecule has 3 atom stereocenters. The minimum atomic E-state index is 0.462. The molecule has 0 nitrogen and oxygen atoms in total. The van der Waals surface area contributed by atoms with Gasteiger partial charge in [0.2, 0.25) is 0 Å². The van der Waals surface area contributed by atoms with Gasteiger partial charge in [-0.05, 0) is 17.8 Å². The Morgan fingerprint density at radius 3 is 2.36 bits per heavy atom. The molecule has 11 heavy (non-hydrogen) atoms. The van der Waals surface area contributed by atoms with Crippen LogP contribution in [0.3, 0.4) is 0 Å². The van der Waals surface area contributed by atoms with Crippen molar-refractivity contribution < 1.29 is 0 Å². The second kappa shape index (κ2) is 3.64. The van der Waals surface area contributed by atoms with Crippen LogP contribution in [0.25, 0.3) is 0 Å². The summed E-state index contributed by atoms with van der Waals surface area (Å²) in [5.74, 6) is 2.76. The van der Waals surface area contributed by atoms with Crippen molar-refractivity contribution in [3.05, 3.63) is 0 Å². The molecule has 1 heteroatoms. The third-order valence-electron chi connectivity index (χ3n) is 3.20. The third kappa shape index (κ3) is 2.01. The molecule has 1 aliphatic rings. The van der Waals surface area contributed by atoms with Crippen LogP contribution in [-0.4, -0.2) is 7.85 Å². The summed E-state index contributed by atoms with van der Waals surface area (Å²) in [6, 6.07) is 0. The van der Waals surface area contributed by atoms with Gasteiger partial charge in [0.05, 0.1) is 7.85 Å². The van der Waals surface area contributed by atoms with Gasteiger partial charge in [-0.2, -0.15) is 0 Å². The summed E-state index contributed by atoms with van der Waals surface area (Å²) in [5, 5.41) is 0. The summed E-state index contributed by atoms with van der Waals surface area (Å²) in [6.07, 6.45) is 4.07. The molecule has 0 aromatic carbocycles. The Morgan fingerprint density at radius 1 is 1.27 bits per heavy atom. The minimum absolute atomic E-state index is 0.462. The van der Waals surface area contributed by atoms with Gasteiger partial charge in [0.1, 0.15) is 0 Å². The highest BCUT2D eigenvalue weighted by molar-refractivity contribution is 6.12. The van der Waals surface area contributed by atoms with E-state index < -0.39 is 0 Å². The fraction of sp³-hybridized carbons (Fsp3) is 1.00. The molecule has 0 N–H and O–H groups in total. The summed E-state index contributed by atoms with van der Waals surface area (Å²) in [4.78, 5) is 0. The summed E-state index contributed by atoms with van der Waals surface area (Å²) in [6.45, 7) is 6.88. The fourth-order valence-corrected chi connectivity index (χ4v) is 2.26. The van der Waals surface area contributed by atoms with Crippen LogP contribution in [0.2, 0.25) is 5.82 Å². The maximum Gasteiger partial charge on any atom is 0.0707 e. The lowest BCUT2D eigenvalue weighted by Crippen LogP contribution is -2.25.